The molecule has 0 amide bonds. The van der Waals surface area contributed by atoms with E-state index in [0.717, 1.165) is 11.1 Å². The fourth-order valence-corrected chi connectivity index (χ4v) is 2.80. The second-order valence-corrected chi connectivity index (χ2v) is 6.77. The molecule has 22 heavy (non-hydrogen) atoms. The van der Waals surface area contributed by atoms with Crippen molar-refractivity contribution in [3.63, 3.8) is 0 Å². The smallest absolute Gasteiger partial charge is 0.297 e. The summed E-state index contributed by atoms with van der Waals surface area (Å²) < 4.78 is 34.7. The molecule has 2 aromatic carbocycles. The monoisotopic (exact) mass is 320 g/mol. The van der Waals surface area contributed by atoms with E-state index in [1.54, 1.807) is 31.2 Å². The van der Waals surface area contributed by atoms with Crippen LogP contribution in [-0.2, 0) is 25.6 Å². The topological polar surface area (TPSA) is 52.6 Å². The summed E-state index contributed by atoms with van der Waals surface area (Å²) in [7, 11) is -3.74. The van der Waals surface area contributed by atoms with Gasteiger partial charge in [0.2, 0.25) is 0 Å². The van der Waals surface area contributed by atoms with Crippen molar-refractivity contribution in [3.8, 4) is 0 Å². The first kappa shape index (κ1) is 16.7. The summed E-state index contributed by atoms with van der Waals surface area (Å²) in [6, 6.07) is 16.3. The number of benzene rings is 2. The SMILES string of the molecule is Cc1ccc(S(=O)(=O)OC[C@@H](C)OCc2ccccc2)cc1. The van der Waals surface area contributed by atoms with Gasteiger partial charge in [-0.25, -0.2) is 0 Å². The van der Waals surface area contributed by atoms with Crippen molar-refractivity contribution >= 4 is 10.1 Å². The van der Waals surface area contributed by atoms with Crippen molar-refractivity contribution in [1.29, 1.82) is 0 Å². The second kappa shape index (κ2) is 7.54. The van der Waals surface area contributed by atoms with Crippen molar-refractivity contribution in [2.24, 2.45) is 0 Å². The molecule has 2 rings (SSSR count). The van der Waals surface area contributed by atoms with E-state index in [2.05, 4.69) is 0 Å². The van der Waals surface area contributed by atoms with Gasteiger partial charge in [-0.15, -0.1) is 0 Å². The minimum Gasteiger partial charge on any atom is -0.371 e. The van der Waals surface area contributed by atoms with Gasteiger partial charge in [0.15, 0.2) is 0 Å². The number of rotatable bonds is 7. The summed E-state index contributed by atoms with van der Waals surface area (Å²) in [4.78, 5) is 0.161. The summed E-state index contributed by atoms with van der Waals surface area (Å²) >= 11 is 0. The molecule has 0 bridgehead atoms. The molecule has 0 aromatic heterocycles. The predicted molar refractivity (Wildman–Crippen MR) is 85.0 cm³/mol. The molecule has 0 N–H and O–H groups in total. The Kier molecular flexibility index (Phi) is 5.71. The van der Waals surface area contributed by atoms with Crippen LogP contribution in [0.15, 0.2) is 59.5 Å². The Balaban J connectivity index is 1.85. The lowest BCUT2D eigenvalue weighted by molar-refractivity contribution is 0.0229. The third kappa shape index (κ3) is 4.94. The summed E-state index contributed by atoms with van der Waals surface area (Å²) in [5.41, 5.74) is 2.04. The van der Waals surface area contributed by atoms with Crippen molar-refractivity contribution in [2.45, 2.75) is 31.5 Å². The standard InChI is InChI=1S/C17H20O4S/c1-14-8-10-17(11-9-14)22(18,19)21-12-15(2)20-13-16-6-4-3-5-7-16/h3-11,15H,12-13H2,1-2H3/t15-/m1/s1. The molecule has 0 heterocycles. The van der Waals surface area contributed by atoms with Crippen LogP contribution in [0.25, 0.3) is 0 Å². The van der Waals surface area contributed by atoms with Crippen LogP contribution < -0.4 is 0 Å². The van der Waals surface area contributed by atoms with Crippen LogP contribution in [0.3, 0.4) is 0 Å². The molecule has 1 atom stereocenters. The van der Waals surface area contributed by atoms with E-state index in [9.17, 15) is 8.42 Å². The Hall–Kier alpha value is -1.69. The molecule has 0 fully saturated rings. The Morgan fingerprint density at radius 1 is 1.00 bits per heavy atom. The Labute approximate surface area is 131 Å². The molecular weight excluding hydrogens is 300 g/mol. The van der Waals surface area contributed by atoms with Crippen molar-refractivity contribution in [2.75, 3.05) is 6.61 Å². The Morgan fingerprint density at radius 3 is 2.27 bits per heavy atom. The molecule has 0 saturated carbocycles. The number of ether oxygens (including phenoxy) is 1. The highest BCUT2D eigenvalue weighted by atomic mass is 32.2. The molecule has 0 aliphatic heterocycles. The highest BCUT2D eigenvalue weighted by Gasteiger charge is 2.16. The lowest BCUT2D eigenvalue weighted by Gasteiger charge is -2.13. The molecule has 0 radical (unpaired) electrons. The van der Waals surface area contributed by atoms with Crippen LogP contribution in [0.1, 0.15) is 18.1 Å². The average molecular weight is 320 g/mol. The van der Waals surface area contributed by atoms with Gasteiger partial charge in [-0.05, 0) is 31.5 Å². The van der Waals surface area contributed by atoms with Crippen molar-refractivity contribution in [3.05, 3.63) is 65.7 Å². The first-order valence-corrected chi connectivity index (χ1v) is 8.50. The maximum atomic E-state index is 12.0. The van der Waals surface area contributed by atoms with E-state index in [-0.39, 0.29) is 17.6 Å². The van der Waals surface area contributed by atoms with Crippen molar-refractivity contribution < 1.29 is 17.3 Å². The lowest BCUT2D eigenvalue weighted by atomic mass is 10.2. The molecule has 0 spiro atoms. The summed E-state index contributed by atoms with van der Waals surface area (Å²) in [6.07, 6.45) is -0.319. The van der Waals surface area contributed by atoms with Crippen LogP contribution in [0.4, 0.5) is 0 Å². The zero-order valence-corrected chi connectivity index (χ0v) is 13.5. The maximum absolute atomic E-state index is 12.0. The quantitative estimate of drug-likeness (QED) is 0.735. The molecule has 5 heteroatoms. The fourth-order valence-electron chi connectivity index (χ4n) is 1.82. The molecule has 0 aliphatic carbocycles. The van der Waals surface area contributed by atoms with Gasteiger partial charge in [-0.2, -0.15) is 8.42 Å². The van der Waals surface area contributed by atoms with Crippen LogP contribution in [0.5, 0.6) is 0 Å². The predicted octanol–water partition coefficient (Wildman–Crippen LogP) is 3.31. The van der Waals surface area contributed by atoms with Gasteiger partial charge in [-0.1, -0.05) is 48.0 Å². The first-order chi connectivity index (χ1) is 10.5. The van der Waals surface area contributed by atoms with Crippen LogP contribution in [0.2, 0.25) is 0 Å². The highest BCUT2D eigenvalue weighted by molar-refractivity contribution is 7.86. The number of hydrogen-bond donors (Lipinski definition) is 0. The fraction of sp³-hybridized carbons (Fsp3) is 0.294. The molecule has 2 aromatic rings. The second-order valence-electron chi connectivity index (χ2n) is 5.16. The highest BCUT2D eigenvalue weighted by Crippen LogP contribution is 2.14. The van der Waals surface area contributed by atoms with E-state index >= 15 is 0 Å². The minimum atomic E-state index is -3.74. The summed E-state index contributed by atoms with van der Waals surface area (Å²) in [6.45, 7) is 4.10. The third-order valence-corrected chi connectivity index (χ3v) is 4.44. The van der Waals surface area contributed by atoms with Crippen LogP contribution in [-0.4, -0.2) is 21.1 Å². The van der Waals surface area contributed by atoms with Gasteiger partial charge >= 0.3 is 0 Å². The maximum Gasteiger partial charge on any atom is 0.297 e. The number of hydrogen-bond acceptors (Lipinski definition) is 4. The van der Waals surface area contributed by atoms with E-state index in [1.807, 2.05) is 37.3 Å². The Bertz CT molecular complexity index is 678. The molecule has 4 nitrogen and oxygen atoms in total. The van der Waals surface area contributed by atoms with Gasteiger partial charge in [0.1, 0.15) is 0 Å². The van der Waals surface area contributed by atoms with Gasteiger partial charge in [0.25, 0.3) is 10.1 Å². The zero-order valence-electron chi connectivity index (χ0n) is 12.7. The number of aryl methyl sites for hydroxylation is 1. The molecular formula is C17H20O4S. The van der Waals surface area contributed by atoms with E-state index in [0.29, 0.717) is 6.61 Å². The summed E-state index contributed by atoms with van der Waals surface area (Å²) in [5.74, 6) is 0. The van der Waals surface area contributed by atoms with E-state index in [1.165, 1.54) is 0 Å². The largest absolute Gasteiger partial charge is 0.371 e. The van der Waals surface area contributed by atoms with Gasteiger partial charge in [0.05, 0.1) is 24.2 Å². The molecule has 0 saturated heterocycles. The van der Waals surface area contributed by atoms with Crippen molar-refractivity contribution in [1.82, 2.24) is 0 Å². The van der Waals surface area contributed by atoms with Gasteiger partial charge in [-0.3, -0.25) is 4.18 Å². The minimum absolute atomic E-state index is 0.0109. The van der Waals surface area contributed by atoms with Crippen LogP contribution >= 0.6 is 0 Å². The lowest BCUT2D eigenvalue weighted by Crippen LogP contribution is -2.19. The average Bonchev–Trinajstić information content (AvgIpc) is 2.52. The summed E-state index contributed by atoms with van der Waals surface area (Å²) in [5, 5.41) is 0. The third-order valence-electron chi connectivity index (χ3n) is 3.14. The first-order valence-electron chi connectivity index (χ1n) is 7.09. The molecule has 0 unspecified atom stereocenters. The van der Waals surface area contributed by atoms with Crippen LogP contribution in [0, 0.1) is 6.92 Å². The zero-order chi connectivity index (χ0) is 16.0. The van der Waals surface area contributed by atoms with Gasteiger partial charge < -0.3 is 4.74 Å². The normalized spacial score (nSPS) is 13.0. The van der Waals surface area contributed by atoms with E-state index in [4.69, 9.17) is 8.92 Å². The molecule has 0 aliphatic rings. The van der Waals surface area contributed by atoms with E-state index < -0.39 is 10.1 Å². The Morgan fingerprint density at radius 2 is 1.64 bits per heavy atom. The van der Waals surface area contributed by atoms with Gasteiger partial charge in [0, 0.05) is 0 Å². The molecule has 118 valence electrons.